The first-order chi connectivity index (χ1) is 12.6. The van der Waals surface area contributed by atoms with Gasteiger partial charge in [0.2, 0.25) is 11.8 Å². The molecule has 0 aliphatic rings. The number of benzene rings is 1. The van der Waals surface area contributed by atoms with Gasteiger partial charge in [0.05, 0.1) is 0 Å². The van der Waals surface area contributed by atoms with E-state index in [9.17, 15) is 9.59 Å². The minimum absolute atomic E-state index is 0.0265. The molecule has 1 atom stereocenters. The predicted octanol–water partition coefficient (Wildman–Crippen LogP) is 3.37. The van der Waals surface area contributed by atoms with Gasteiger partial charge in [-0.1, -0.05) is 27.7 Å². The van der Waals surface area contributed by atoms with Crippen molar-refractivity contribution in [2.24, 2.45) is 11.8 Å². The molecule has 6 heteroatoms. The molecule has 1 aromatic rings. The normalized spacial score (nSPS) is 12.2. The SMILES string of the molecule is COCC(=O)N(Cc1cc(NC(=O)C(C)C)ccc1N(C)C)[C@@H](C)C(C)C. The number of nitrogens with zero attached hydrogens (tertiary/aromatic N) is 2. The molecular formula is C21H35N3O3. The molecule has 0 aliphatic carbocycles. The van der Waals surface area contributed by atoms with Gasteiger partial charge in [0.25, 0.3) is 0 Å². The van der Waals surface area contributed by atoms with Crippen LogP contribution in [0.2, 0.25) is 0 Å². The average Bonchev–Trinajstić information content (AvgIpc) is 2.58. The molecule has 1 rings (SSSR count). The Morgan fingerprint density at radius 3 is 2.22 bits per heavy atom. The molecule has 27 heavy (non-hydrogen) atoms. The van der Waals surface area contributed by atoms with Crippen molar-refractivity contribution in [3.05, 3.63) is 23.8 Å². The van der Waals surface area contributed by atoms with Crippen molar-refractivity contribution in [2.75, 3.05) is 38.0 Å². The van der Waals surface area contributed by atoms with E-state index >= 15 is 0 Å². The van der Waals surface area contributed by atoms with E-state index in [0.29, 0.717) is 12.5 Å². The van der Waals surface area contributed by atoms with Crippen molar-refractivity contribution in [1.29, 1.82) is 0 Å². The largest absolute Gasteiger partial charge is 0.377 e. The van der Waals surface area contributed by atoms with E-state index in [-0.39, 0.29) is 30.4 Å². The Bertz CT molecular complexity index is 642. The molecule has 0 aliphatic heterocycles. The summed E-state index contributed by atoms with van der Waals surface area (Å²) in [6, 6.07) is 5.89. The molecule has 0 unspecified atom stereocenters. The Hall–Kier alpha value is -2.08. The highest BCUT2D eigenvalue weighted by molar-refractivity contribution is 5.92. The van der Waals surface area contributed by atoms with Crippen LogP contribution in [-0.2, 0) is 20.9 Å². The fourth-order valence-corrected chi connectivity index (χ4v) is 2.72. The third-order valence-corrected chi connectivity index (χ3v) is 4.74. The van der Waals surface area contributed by atoms with E-state index in [4.69, 9.17) is 4.74 Å². The maximum absolute atomic E-state index is 12.6. The second kappa shape index (κ2) is 10.3. The molecule has 0 fully saturated rings. The van der Waals surface area contributed by atoms with E-state index < -0.39 is 0 Å². The number of anilines is 2. The minimum atomic E-state index is -0.0947. The Morgan fingerprint density at radius 2 is 1.74 bits per heavy atom. The fourth-order valence-electron chi connectivity index (χ4n) is 2.72. The van der Waals surface area contributed by atoms with Crippen LogP contribution in [0.5, 0.6) is 0 Å². The molecule has 0 bridgehead atoms. The Kier molecular flexibility index (Phi) is 8.76. The highest BCUT2D eigenvalue weighted by Crippen LogP contribution is 2.26. The Morgan fingerprint density at radius 1 is 1.11 bits per heavy atom. The van der Waals surface area contributed by atoms with Gasteiger partial charge in [-0.3, -0.25) is 9.59 Å². The van der Waals surface area contributed by atoms with Crippen molar-refractivity contribution in [3.8, 4) is 0 Å². The van der Waals surface area contributed by atoms with Crippen molar-refractivity contribution >= 4 is 23.2 Å². The molecular weight excluding hydrogens is 342 g/mol. The summed E-state index contributed by atoms with van der Waals surface area (Å²) in [4.78, 5) is 28.6. The van der Waals surface area contributed by atoms with Gasteiger partial charge in [-0.05, 0) is 36.6 Å². The molecule has 0 spiro atoms. The lowest BCUT2D eigenvalue weighted by Gasteiger charge is -2.33. The maximum atomic E-state index is 12.6. The van der Waals surface area contributed by atoms with Crippen LogP contribution in [0.1, 0.15) is 40.2 Å². The number of ether oxygens (including phenoxy) is 1. The van der Waals surface area contributed by atoms with E-state index in [0.717, 1.165) is 16.9 Å². The topological polar surface area (TPSA) is 61.9 Å². The van der Waals surface area contributed by atoms with Crippen LogP contribution in [0, 0.1) is 11.8 Å². The van der Waals surface area contributed by atoms with Gasteiger partial charge in [0.15, 0.2) is 0 Å². The van der Waals surface area contributed by atoms with Gasteiger partial charge in [-0.2, -0.15) is 0 Å². The van der Waals surface area contributed by atoms with Crippen molar-refractivity contribution in [2.45, 2.75) is 47.2 Å². The zero-order valence-electron chi connectivity index (χ0n) is 18.0. The van der Waals surface area contributed by atoms with E-state index in [1.165, 1.54) is 7.11 Å². The highest BCUT2D eigenvalue weighted by atomic mass is 16.5. The summed E-state index contributed by atoms with van der Waals surface area (Å²) >= 11 is 0. The zero-order chi connectivity index (χ0) is 20.7. The molecule has 2 amide bonds. The summed E-state index contributed by atoms with van der Waals surface area (Å²) in [5.74, 6) is 0.154. The second-order valence-corrected chi connectivity index (χ2v) is 7.82. The Labute approximate surface area is 163 Å². The summed E-state index contributed by atoms with van der Waals surface area (Å²) in [5.41, 5.74) is 2.74. The smallest absolute Gasteiger partial charge is 0.249 e. The molecule has 1 N–H and O–H groups in total. The molecule has 0 saturated carbocycles. The number of hydrogen-bond acceptors (Lipinski definition) is 4. The zero-order valence-corrected chi connectivity index (χ0v) is 18.0. The Balaban J connectivity index is 3.24. The number of carbonyl (C=O) groups excluding carboxylic acids is 2. The third kappa shape index (κ3) is 6.54. The van der Waals surface area contributed by atoms with Crippen LogP contribution in [0.15, 0.2) is 18.2 Å². The maximum Gasteiger partial charge on any atom is 0.249 e. The predicted molar refractivity (Wildman–Crippen MR) is 111 cm³/mol. The monoisotopic (exact) mass is 377 g/mol. The molecule has 0 heterocycles. The number of amides is 2. The summed E-state index contributed by atoms with van der Waals surface area (Å²) in [7, 11) is 5.47. The highest BCUT2D eigenvalue weighted by Gasteiger charge is 2.24. The molecule has 152 valence electrons. The van der Waals surface area contributed by atoms with E-state index in [1.54, 1.807) is 0 Å². The lowest BCUT2D eigenvalue weighted by molar-refractivity contribution is -0.138. The average molecular weight is 378 g/mol. The summed E-state index contributed by atoms with van der Waals surface area (Å²) in [5, 5.41) is 2.94. The van der Waals surface area contributed by atoms with Gasteiger partial charge in [-0.15, -0.1) is 0 Å². The molecule has 0 aromatic heterocycles. The van der Waals surface area contributed by atoms with Crippen molar-refractivity contribution in [1.82, 2.24) is 4.90 Å². The summed E-state index contributed by atoms with van der Waals surface area (Å²) in [6.07, 6.45) is 0. The minimum Gasteiger partial charge on any atom is -0.377 e. The standard InChI is InChI=1S/C21H35N3O3/c1-14(2)16(5)24(20(25)13-27-8)12-17-11-18(22-21(26)15(3)4)9-10-19(17)23(6)7/h9-11,14-16H,12-13H2,1-8H3,(H,22,26)/t16-/m0/s1. The summed E-state index contributed by atoms with van der Waals surface area (Å²) < 4.78 is 5.07. The lowest BCUT2D eigenvalue weighted by atomic mass is 10.0. The number of methoxy groups -OCH3 is 1. The first-order valence-corrected chi connectivity index (χ1v) is 9.48. The summed E-state index contributed by atoms with van der Waals surface area (Å²) in [6.45, 7) is 10.5. The molecule has 1 aromatic carbocycles. The van der Waals surface area contributed by atoms with Gasteiger partial charge < -0.3 is 19.9 Å². The lowest BCUT2D eigenvalue weighted by Crippen LogP contribution is -2.43. The van der Waals surface area contributed by atoms with Crippen molar-refractivity contribution < 1.29 is 14.3 Å². The number of nitrogens with one attached hydrogen (secondary N) is 1. The van der Waals surface area contributed by atoms with Crippen LogP contribution in [0.25, 0.3) is 0 Å². The van der Waals surface area contributed by atoms with Crippen LogP contribution >= 0.6 is 0 Å². The van der Waals surface area contributed by atoms with Gasteiger partial charge in [0.1, 0.15) is 6.61 Å². The first-order valence-electron chi connectivity index (χ1n) is 9.48. The van der Waals surface area contributed by atoms with E-state index in [2.05, 4.69) is 26.1 Å². The third-order valence-electron chi connectivity index (χ3n) is 4.74. The number of carbonyl (C=O) groups is 2. The molecule has 0 saturated heterocycles. The van der Waals surface area contributed by atoms with Crippen molar-refractivity contribution in [3.63, 3.8) is 0 Å². The van der Waals surface area contributed by atoms with E-state index in [1.807, 2.05) is 55.9 Å². The van der Waals surface area contributed by atoms with Crippen LogP contribution in [0.3, 0.4) is 0 Å². The quantitative estimate of drug-likeness (QED) is 0.717. The first kappa shape index (κ1) is 23.0. The van der Waals surface area contributed by atoms with Gasteiger partial charge in [0, 0.05) is 51.1 Å². The number of rotatable bonds is 9. The van der Waals surface area contributed by atoms with Crippen LogP contribution in [0.4, 0.5) is 11.4 Å². The van der Waals surface area contributed by atoms with Gasteiger partial charge >= 0.3 is 0 Å². The second-order valence-electron chi connectivity index (χ2n) is 7.82. The fraction of sp³-hybridized carbons (Fsp3) is 0.619. The van der Waals surface area contributed by atoms with Crippen LogP contribution in [-0.4, -0.2) is 50.6 Å². The van der Waals surface area contributed by atoms with Crippen LogP contribution < -0.4 is 10.2 Å². The van der Waals surface area contributed by atoms with Gasteiger partial charge in [-0.25, -0.2) is 0 Å². The molecule has 0 radical (unpaired) electrons. The molecule has 6 nitrogen and oxygen atoms in total. The number of hydrogen-bond donors (Lipinski definition) is 1.